The Morgan fingerprint density at radius 3 is 2.61 bits per heavy atom. The van der Waals surface area contributed by atoms with Crippen LogP contribution in [0.1, 0.15) is 47.0 Å². The van der Waals surface area contributed by atoms with E-state index >= 15 is 0 Å². The molecule has 1 aromatic carbocycles. The van der Waals surface area contributed by atoms with Crippen LogP contribution in [0.3, 0.4) is 0 Å². The number of aryl methyl sites for hydroxylation is 3. The zero-order valence-corrected chi connectivity index (χ0v) is 19.4. The summed E-state index contributed by atoms with van der Waals surface area (Å²) >= 11 is 1.35. The Labute approximate surface area is 187 Å². The minimum atomic E-state index is -0.0295. The van der Waals surface area contributed by atoms with E-state index < -0.39 is 0 Å². The lowest BCUT2D eigenvalue weighted by Gasteiger charge is -2.36. The Morgan fingerprint density at radius 1 is 1.13 bits per heavy atom. The minimum Gasteiger partial charge on any atom is -0.368 e. The van der Waals surface area contributed by atoms with Crippen molar-refractivity contribution in [3.63, 3.8) is 0 Å². The van der Waals surface area contributed by atoms with Gasteiger partial charge in [-0.15, -0.1) is 11.3 Å². The van der Waals surface area contributed by atoms with E-state index in [2.05, 4.69) is 48.0 Å². The molecule has 0 saturated carbocycles. The predicted molar refractivity (Wildman–Crippen MR) is 127 cm³/mol. The summed E-state index contributed by atoms with van der Waals surface area (Å²) in [5, 5.41) is 0.603. The molecule has 3 heterocycles. The number of anilines is 1. The Balaban J connectivity index is 1.51. The lowest BCUT2D eigenvalue weighted by Crippen LogP contribution is -2.48. The van der Waals surface area contributed by atoms with Gasteiger partial charge in [-0.05, 0) is 43.5 Å². The number of unbranched alkanes of at least 4 members (excludes halogenated alkanes) is 2. The van der Waals surface area contributed by atoms with Gasteiger partial charge in [0.2, 0.25) is 0 Å². The molecule has 164 valence electrons. The van der Waals surface area contributed by atoms with Gasteiger partial charge in [0.05, 0.1) is 16.6 Å². The van der Waals surface area contributed by atoms with E-state index in [-0.39, 0.29) is 11.5 Å². The number of amides is 1. The first-order valence-corrected chi connectivity index (χ1v) is 11.9. The highest BCUT2D eigenvalue weighted by Crippen LogP contribution is 2.29. The summed E-state index contributed by atoms with van der Waals surface area (Å²) in [7, 11) is 0. The molecule has 4 rings (SSSR count). The second-order valence-electron chi connectivity index (χ2n) is 8.30. The van der Waals surface area contributed by atoms with Crippen LogP contribution < -0.4 is 10.5 Å². The summed E-state index contributed by atoms with van der Waals surface area (Å²) in [6.07, 6.45) is 4.79. The quantitative estimate of drug-likeness (QED) is 0.541. The maximum Gasteiger partial charge on any atom is 0.264 e. The van der Waals surface area contributed by atoms with Gasteiger partial charge in [0.1, 0.15) is 4.83 Å². The first-order chi connectivity index (χ1) is 15.0. The SMILES string of the molecule is CCCCCn1cnc2sc(C(=O)N3CCN(c4cccc(C)c4)CC3)c(C)c2c1=O. The van der Waals surface area contributed by atoms with Crippen molar-refractivity contribution < 1.29 is 4.79 Å². The molecule has 1 amide bonds. The molecule has 0 bridgehead atoms. The first-order valence-electron chi connectivity index (χ1n) is 11.1. The van der Waals surface area contributed by atoms with Crippen LogP contribution in [0.15, 0.2) is 35.4 Å². The van der Waals surface area contributed by atoms with Crippen molar-refractivity contribution in [1.82, 2.24) is 14.5 Å². The van der Waals surface area contributed by atoms with Crippen LogP contribution in [0.25, 0.3) is 10.2 Å². The standard InChI is InChI=1S/C24H30N4O2S/c1-4-5-6-10-28-16-25-22-20(23(28)29)18(3)21(31-22)24(30)27-13-11-26(12-14-27)19-9-7-8-17(2)15-19/h7-9,15-16H,4-6,10-14H2,1-3H3. The van der Waals surface area contributed by atoms with Crippen LogP contribution in [-0.2, 0) is 6.54 Å². The van der Waals surface area contributed by atoms with Gasteiger partial charge < -0.3 is 9.80 Å². The molecule has 0 aliphatic carbocycles. The number of nitrogens with zero attached hydrogens (tertiary/aromatic N) is 4. The smallest absolute Gasteiger partial charge is 0.264 e. The van der Waals surface area contributed by atoms with Gasteiger partial charge in [-0.1, -0.05) is 31.9 Å². The summed E-state index contributed by atoms with van der Waals surface area (Å²) < 4.78 is 1.69. The molecule has 0 N–H and O–H groups in total. The maximum atomic E-state index is 13.3. The number of benzene rings is 1. The molecule has 1 fully saturated rings. The summed E-state index contributed by atoms with van der Waals surface area (Å²) in [6, 6.07) is 8.48. The number of hydrogen-bond acceptors (Lipinski definition) is 5. The zero-order chi connectivity index (χ0) is 22.0. The van der Waals surface area contributed by atoms with Crippen molar-refractivity contribution in [2.75, 3.05) is 31.1 Å². The van der Waals surface area contributed by atoms with Crippen LogP contribution in [-0.4, -0.2) is 46.5 Å². The molecule has 1 saturated heterocycles. The van der Waals surface area contributed by atoms with Gasteiger partial charge in [-0.3, -0.25) is 14.2 Å². The number of carbonyl (C=O) groups excluding carboxylic acids is 1. The van der Waals surface area contributed by atoms with E-state index in [0.717, 1.165) is 37.9 Å². The summed E-state index contributed by atoms with van der Waals surface area (Å²) in [5.74, 6) is 0.0151. The molecule has 1 aliphatic rings. The number of hydrogen-bond donors (Lipinski definition) is 0. The fourth-order valence-electron chi connectivity index (χ4n) is 4.19. The fourth-order valence-corrected chi connectivity index (χ4v) is 5.30. The second kappa shape index (κ2) is 9.22. The Hall–Kier alpha value is -2.67. The van der Waals surface area contributed by atoms with Gasteiger partial charge in [-0.2, -0.15) is 0 Å². The summed E-state index contributed by atoms with van der Waals surface area (Å²) in [6.45, 7) is 9.77. The van der Waals surface area contributed by atoms with E-state index in [1.165, 1.54) is 22.6 Å². The zero-order valence-electron chi connectivity index (χ0n) is 18.6. The Morgan fingerprint density at radius 2 is 1.90 bits per heavy atom. The van der Waals surface area contributed by atoms with Crippen molar-refractivity contribution in [3.8, 4) is 0 Å². The van der Waals surface area contributed by atoms with Crippen molar-refractivity contribution in [2.24, 2.45) is 0 Å². The van der Waals surface area contributed by atoms with Crippen molar-refractivity contribution in [3.05, 3.63) is 57.0 Å². The number of carbonyl (C=O) groups is 1. The molecule has 0 unspecified atom stereocenters. The largest absolute Gasteiger partial charge is 0.368 e. The predicted octanol–water partition coefficient (Wildman–Crippen LogP) is 4.23. The average Bonchev–Trinajstić information content (AvgIpc) is 3.12. The Kier molecular flexibility index (Phi) is 6.41. The van der Waals surface area contributed by atoms with Crippen LogP contribution in [0.2, 0.25) is 0 Å². The third kappa shape index (κ3) is 4.37. The first kappa shape index (κ1) is 21.6. The average molecular weight is 439 g/mol. The van der Waals surface area contributed by atoms with Crippen molar-refractivity contribution in [2.45, 2.75) is 46.6 Å². The van der Waals surface area contributed by atoms with Crippen LogP contribution in [0.5, 0.6) is 0 Å². The normalized spacial score (nSPS) is 14.4. The van der Waals surface area contributed by atoms with Crippen LogP contribution in [0, 0.1) is 13.8 Å². The molecule has 7 heteroatoms. The maximum absolute atomic E-state index is 13.3. The number of thiophene rings is 1. The topological polar surface area (TPSA) is 58.4 Å². The molecule has 1 aliphatic heterocycles. The highest BCUT2D eigenvalue weighted by atomic mass is 32.1. The Bertz CT molecular complexity index is 1140. The van der Waals surface area contributed by atoms with Crippen LogP contribution in [0.4, 0.5) is 5.69 Å². The van der Waals surface area contributed by atoms with Crippen molar-refractivity contribution >= 4 is 33.1 Å². The molecule has 31 heavy (non-hydrogen) atoms. The number of rotatable bonds is 6. The lowest BCUT2D eigenvalue weighted by atomic mass is 10.1. The molecule has 6 nitrogen and oxygen atoms in total. The highest BCUT2D eigenvalue weighted by Gasteiger charge is 2.26. The van der Waals surface area contributed by atoms with Gasteiger partial charge in [-0.25, -0.2) is 4.98 Å². The highest BCUT2D eigenvalue weighted by molar-refractivity contribution is 7.20. The van der Waals surface area contributed by atoms with Gasteiger partial charge in [0.25, 0.3) is 11.5 Å². The van der Waals surface area contributed by atoms with E-state index in [4.69, 9.17) is 0 Å². The van der Waals surface area contributed by atoms with Gasteiger partial charge >= 0.3 is 0 Å². The molecule has 0 atom stereocenters. The molecular formula is C24H30N4O2S. The van der Waals surface area contributed by atoms with Gasteiger partial charge in [0, 0.05) is 38.4 Å². The molecule has 0 radical (unpaired) electrons. The molecule has 2 aromatic heterocycles. The number of aromatic nitrogens is 2. The lowest BCUT2D eigenvalue weighted by molar-refractivity contribution is 0.0751. The number of piperazine rings is 1. The van der Waals surface area contributed by atoms with E-state index in [1.54, 1.807) is 10.9 Å². The third-order valence-corrected chi connectivity index (χ3v) is 7.24. The fraction of sp³-hybridized carbons (Fsp3) is 0.458. The van der Waals surface area contributed by atoms with Crippen LogP contribution >= 0.6 is 11.3 Å². The summed E-state index contributed by atoms with van der Waals surface area (Å²) in [4.78, 5) is 36.3. The number of fused-ring (bicyclic) bond motifs is 1. The van der Waals surface area contributed by atoms with E-state index in [1.807, 2.05) is 11.8 Å². The van der Waals surface area contributed by atoms with Crippen molar-refractivity contribution in [1.29, 1.82) is 0 Å². The minimum absolute atomic E-state index is 0.0151. The second-order valence-corrected chi connectivity index (χ2v) is 9.30. The summed E-state index contributed by atoms with van der Waals surface area (Å²) in [5.41, 5.74) is 3.19. The third-order valence-electron chi connectivity index (χ3n) is 6.05. The monoisotopic (exact) mass is 438 g/mol. The molecule has 0 spiro atoms. The molecular weight excluding hydrogens is 408 g/mol. The van der Waals surface area contributed by atoms with Gasteiger partial charge in [0.15, 0.2) is 0 Å². The van der Waals surface area contributed by atoms with E-state index in [0.29, 0.717) is 34.7 Å². The van der Waals surface area contributed by atoms with E-state index in [9.17, 15) is 9.59 Å². The molecule has 3 aromatic rings.